The van der Waals surface area contributed by atoms with E-state index in [1.807, 2.05) is 13.8 Å². The van der Waals surface area contributed by atoms with Crippen LogP contribution in [0.25, 0.3) is 0 Å². The average Bonchev–Trinajstić information content (AvgIpc) is 2.44. The molecular weight excluding hydrogens is 275 g/mol. The lowest BCUT2D eigenvalue weighted by atomic mass is 10.1. The maximum absolute atomic E-state index is 13.4. The fraction of sp³-hybridized carbons (Fsp3) is 0.533. The summed E-state index contributed by atoms with van der Waals surface area (Å²) in [5.41, 5.74) is 6.05. The van der Waals surface area contributed by atoms with E-state index in [0.717, 1.165) is 0 Å². The van der Waals surface area contributed by atoms with Gasteiger partial charge in [0.15, 0.2) is 0 Å². The Labute approximate surface area is 124 Å². The van der Waals surface area contributed by atoms with Crippen LogP contribution in [0, 0.1) is 5.82 Å². The van der Waals surface area contributed by atoms with Crippen LogP contribution in [-0.2, 0) is 9.47 Å². The van der Waals surface area contributed by atoms with Gasteiger partial charge in [-0.05, 0) is 32.0 Å². The Hall–Kier alpha value is -1.66. The largest absolute Gasteiger partial charge is 0.399 e. The quantitative estimate of drug-likeness (QED) is 0.559. The molecule has 1 aromatic rings. The van der Waals surface area contributed by atoms with E-state index >= 15 is 0 Å². The minimum absolute atomic E-state index is 0.230. The summed E-state index contributed by atoms with van der Waals surface area (Å²) in [7, 11) is 0. The molecule has 0 spiro atoms. The molecule has 0 fully saturated rings. The van der Waals surface area contributed by atoms with Crippen molar-refractivity contribution in [2.24, 2.45) is 0 Å². The third kappa shape index (κ3) is 6.10. The van der Waals surface area contributed by atoms with E-state index in [1.54, 1.807) is 4.90 Å². The van der Waals surface area contributed by atoms with Gasteiger partial charge in [0.2, 0.25) is 0 Å². The Balaban J connectivity index is 2.76. The molecule has 1 rings (SSSR count). The van der Waals surface area contributed by atoms with E-state index in [-0.39, 0.29) is 17.2 Å². The molecular formula is C15H23FN2O3. The number of nitrogen functional groups attached to an aromatic ring is 1. The van der Waals surface area contributed by atoms with Crippen LogP contribution < -0.4 is 5.73 Å². The van der Waals surface area contributed by atoms with Gasteiger partial charge in [-0.2, -0.15) is 0 Å². The smallest absolute Gasteiger partial charge is 0.254 e. The normalized spacial score (nSPS) is 10.6. The molecule has 6 heteroatoms. The molecule has 0 bridgehead atoms. The average molecular weight is 298 g/mol. The van der Waals surface area contributed by atoms with Crippen LogP contribution in [0.2, 0.25) is 0 Å². The maximum atomic E-state index is 13.4. The van der Waals surface area contributed by atoms with E-state index in [4.69, 9.17) is 15.2 Å². The highest BCUT2D eigenvalue weighted by atomic mass is 19.1. The van der Waals surface area contributed by atoms with E-state index in [0.29, 0.717) is 39.5 Å². The number of anilines is 1. The highest BCUT2D eigenvalue weighted by Crippen LogP contribution is 2.13. The number of nitrogens with two attached hydrogens (primary N) is 1. The number of halogens is 1. The van der Waals surface area contributed by atoms with Crippen molar-refractivity contribution in [3.63, 3.8) is 0 Å². The van der Waals surface area contributed by atoms with E-state index in [1.165, 1.54) is 18.2 Å². The van der Waals surface area contributed by atoms with Crippen molar-refractivity contribution in [3.05, 3.63) is 29.6 Å². The summed E-state index contributed by atoms with van der Waals surface area (Å²) >= 11 is 0. The van der Waals surface area contributed by atoms with Gasteiger partial charge in [0.1, 0.15) is 5.82 Å². The minimum Gasteiger partial charge on any atom is -0.399 e. The number of benzene rings is 1. The first-order valence-electron chi connectivity index (χ1n) is 7.09. The van der Waals surface area contributed by atoms with Gasteiger partial charge in [0.25, 0.3) is 5.91 Å². The van der Waals surface area contributed by atoms with Crippen molar-refractivity contribution in [3.8, 4) is 0 Å². The van der Waals surface area contributed by atoms with Gasteiger partial charge in [-0.25, -0.2) is 4.39 Å². The molecule has 0 heterocycles. The summed E-state index contributed by atoms with van der Waals surface area (Å²) in [6, 6.07) is 3.84. The summed E-state index contributed by atoms with van der Waals surface area (Å²) in [4.78, 5) is 14.0. The number of amides is 1. The molecule has 5 nitrogen and oxygen atoms in total. The molecule has 0 radical (unpaired) electrons. The van der Waals surface area contributed by atoms with Crippen molar-refractivity contribution < 1.29 is 18.7 Å². The van der Waals surface area contributed by atoms with Gasteiger partial charge in [0.05, 0.1) is 13.2 Å². The van der Waals surface area contributed by atoms with E-state index < -0.39 is 5.82 Å². The maximum Gasteiger partial charge on any atom is 0.254 e. The van der Waals surface area contributed by atoms with Crippen LogP contribution in [0.5, 0.6) is 0 Å². The number of ether oxygens (including phenoxy) is 2. The predicted molar refractivity (Wildman–Crippen MR) is 79.7 cm³/mol. The van der Waals surface area contributed by atoms with Crippen molar-refractivity contribution in [2.75, 3.05) is 45.3 Å². The van der Waals surface area contributed by atoms with Gasteiger partial charge < -0.3 is 20.1 Å². The summed E-state index contributed by atoms with van der Waals surface area (Å²) in [5.74, 6) is -0.798. The molecule has 0 aliphatic heterocycles. The third-order valence-electron chi connectivity index (χ3n) is 2.87. The Morgan fingerprint density at radius 1 is 1.14 bits per heavy atom. The molecule has 21 heavy (non-hydrogen) atoms. The van der Waals surface area contributed by atoms with Crippen LogP contribution in [0.3, 0.4) is 0 Å². The Bertz CT molecular complexity index is 424. The first-order valence-corrected chi connectivity index (χ1v) is 7.09. The van der Waals surface area contributed by atoms with Gasteiger partial charge in [-0.1, -0.05) is 0 Å². The van der Waals surface area contributed by atoms with Crippen LogP contribution in [0.4, 0.5) is 10.1 Å². The van der Waals surface area contributed by atoms with Crippen molar-refractivity contribution >= 4 is 11.6 Å². The number of carbonyl (C=O) groups is 1. The molecule has 0 aromatic heterocycles. The lowest BCUT2D eigenvalue weighted by Crippen LogP contribution is -2.36. The molecule has 118 valence electrons. The first kappa shape index (κ1) is 17.4. The number of hydrogen-bond donors (Lipinski definition) is 1. The van der Waals surface area contributed by atoms with Crippen LogP contribution in [0.1, 0.15) is 24.2 Å². The molecule has 0 aliphatic carbocycles. The fourth-order valence-electron chi connectivity index (χ4n) is 1.87. The van der Waals surface area contributed by atoms with Gasteiger partial charge in [0, 0.05) is 37.6 Å². The molecule has 0 saturated carbocycles. The predicted octanol–water partition coefficient (Wildman–Crippen LogP) is 1.92. The summed E-state index contributed by atoms with van der Waals surface area (Å²) < 4.78 is 23.9. The molecule has 0 aliphatic rings. The number of hydrogen-bond acceptors (Lipinski definition) is 4. The van der Waals surface area contributed by atoms with Gasteiger partial charge in [-0.3, -0.25) is 4.79 Å². The number of rotatable bonds is 9. The third-order valence-corrected chi connectivity index (χ3v) is 2.87. The summed E-state index contributed by atoms with van der Waals surface area (Å²) in [6.07, 6.45) is 0. The molecule has 1 amide bonds. The Kier molecular flexibility index (Phi) is 7.71. The van der Waals surface area contributed by atoms with Crippen LogP contribution >= 0.6 is 0 Å². The highest BCUT2D eigenvalue weighted by molar-refractivity contribution is 5.95. The Morgan fingerprint density at radius 2 is 1.71 bits per heavy atom. The lowest BCUT2D eigenvalue weighted by Gasteiger charge is -2.22. The molecule has 0 atom stereocenters. The van der Waals surface area contributed by atoms with E-state index in [2.05, 4.69) is 0 Å². The van der Waals surface area contributed by atoms with Crippen LogP contribution in [0.15, 0.2) is 18.2 Å². The van der Waals surface area contributed by atoms with Gasteiger partial charge in [-0.15, -0.1) is 0 Å². The fourth-order valence-corrected chi connectivity index (χ4v) is 1.87. The second-order valence-corrected chi connectivity index (χ2v) is 4.46. The minimum atomic E-state index is -0.520. The van der Waals surface area contributed by atoms with Crippen molar-refractivity contribution in [2.45, 2.75) is 13.8 Å². The SMILES string of the molecule is CCOCCN(CCOCC)C(=O)c1cc(N)cc(F)c1. The molecule has 0 unspecified atom stereocenters. The zero-order valence-corrected chi connectivity index (χ0v) is 12.6. The number of carbonyl (C=O) groups excluding carboxylic acids is 1. The standard InChI is InChI=1S/C15H23FN2O3/c1-3-20-7-5-18(6-8-21-4-2)15(19)12-9-13(16)11-14(17)10-12/h9-11H,3-8,17H2,1-2H3. The van der Waals surface area contributed by atoms with Crippen molar-refractivity contribution in [1.82, 2.24) is 4.90 Å². The second kappa shape index (κ2) is 9.31. The zero-order valence-electron chi connectivity index (χ0n) is 12.6. The molecule has 0 saturated heterocycles. The zero-order chi connectivity index (χ0) is 15.7. The van der Waals surface area contributed by atoms with Gasteiger partial charge >= 0.3 is 0 Å². The molecule has 2 N–H and O–H groups in total. The summed E-state index contributed by atoms with van der Waals surface area (Å²) in [6.45, 7) is 6.66. The monoisotopic (exact) mass is 298 g/mol. The number of nitrogens with zero attached hydrogens (tertiary/aromatic N) is 1. The lowest BCUT2D eigenvalue weighted by molar-refractivity contribution is 0.0550. The Morgan fingerprint density at radius 3 is 2.19 bits per heavy atom. The summed E-state index contributed by atoms with van der Waals surface area (Å²) in [5, 5.41) is 0. The topological polar surface area (TPSA) is 64.8 Å². The molecule has 1 aromatic carbocycles. The van der Waals surface area contributed by atoms with Crippen molar-refractivity contribution in [1.29, 1.82) is 0 Å². The van der Waals surface area contributed by atoms with Crippen LogP contribution in [-0.4, -0.2) is 50.3 Å². The second-order valence-electron chi connectivity index (χ2n) is 4.46. The highest BCUT2D eigenvalue weighted by Gasteiger charge is 2.16. The van der Waals surface area contributed by atoms with E-state index in [9.17, 15) is 9.18 Å². The first-order chi connectivity index (χ1) is 10.1.